The van der Waals surface area contributed by atoms with Gasteiger partial charge >= 0.3 is 0 Å². The molecule has 0 radical (unpaired) electrons. The summed E-state index contributed by atoms with van der Waals surface area (Å²) in [5.41, 5.74) is 5.81. The summed E-state index contributed by atoms with van der Waals surface area (Å²) >= 11 is 0. The average molecular weight is 276 g/mol. The molecule has 0 aliphatic rings. The number of nitrogens with zero attached hydrogens (tertiary/aromatic N) is 1. The van der Waals surface area contributed by atoms with Crippen LogP contribution in [0.25, 0.3) is 0 Å². The first-order valence-corrected chi connectivity index (χ1v) is 6.03. The Labute approximate surface area is 115 Å². The Hall–Kier alpha value is -2.43. The van der Waals surface area contributed by atoms with E-state index < -0.39 is 11.7 Å². The fourth-order valence-corrected chi connectivity index (χ4v) is 1.88. The Kier molecular flexibility index (Phi) is 3.98. The van der Waals surface area contributed by atoms with Gasteiger partial charge in [-0.3, -0.25) is 4.79 Å². The van der Waals surface area contributed by atoms with Gasteiger partial charge in [0, 0.05) is 19.2 Å². The lowest BCUT2D eigenvalue weighted by Gasteiger charge is -2.18. The van der Waals surface area contributed by atoms with Gasteiger partial charge in [-0.15, -0.1) is 0 Å². The molecule has 2 N–H and O–H groups in total. The van der Waals surface area contributed by atoms with Crippen LogP contribution < -0.4 is 5.73 Å². The molecule has 2 aromatic rings. The number of hydrogen-bond acceptors (Lipinski definition) is 2. The summed E-state index contributed by atoms with van der Waals surface area (Å²) in [6.07, 6.45) is 0. The van der Waals surface area contributed by atoms with Crippen LogP contribution in [-0.4, -0.2) is 17.9 Å². The van der Waals surface area contributed by atoms with Crippen LogP contribution in [0.4, 0.5) is 14.5 Å². The molecule has 3 nitrogen and oxygen atoms in total. The van der Waals surface area contributed by atoms with Gasteiger partial charge in [-0.05, 0) is 18.2 Å². The average Bonchev–Trinajstić information content (AvgIpc) is 2.43. The first kappa shape index (κ1) is 14.0. The minimum absolute atomic E-state index is 0.0730. The highest BCUT2D eigenvalue weighted by Crippen LogP contribution is 2.18. The highest BCUT2D eigenvalue weighted by Gasteiger charge is 2.17. The van der Waals surface area contributed by atoms with Crippen molar-refractivity contribution in [3.63, 3.8) is 0 Å². The van der Waals surface area contributed by atoms with Crippen molar-refractivity contribution in [2.75, 3.05) is 12.8 Å². The molecular formula is C15H14F2N2O. The number of carbonyl (C=O) groups is 1. The molecule has 5 heteroatoms. The largest absolute Gasteiger partial charge is 0.396 e. The van der Waals surface area contributed by atoms with E-state index in [1.807, 2.05) is 0 Å². The maximum absolute atomic E-state index is 13.5. The second kappa shape index (κ2) is 5.69. The van der Waals surface area contributed by atoms with Crippen LogP contribution in [0.3, 0.4) is 0 Å². The number of benzene rings is 2. The summed E-state index contributed by atoms with van der Waals surface area (Å²) in [5, 5.41) is 0. The van der Waals surface area contributed by atoms with Crippen molar-refractivity contribution in [3.8, 4) is 0 Å². The zero-order valence-corrected chi connectivity index (χ0v) is 10.9. The topological polar surface area (TPSA) is 46.3 Å². The second-order valence-electron chi connectivity index (χ2n) is 4.45. The highest BCUT2D eigenvalue weighted by molar-refractivity contribution is 5.99. The number of nitrogen functional groups attached to an aromatic ring is 1. The van der Waals surface area contributed by atoms with Crippen LogP contribution in [0.2, 0.25) is 0 Å². The van der Waals surface area contributed by atoms with E-state index in [1.54, 1.807) is 18.2 Å². The van der Waals surface area contributed by atoms with Gasteiger partial charge in [-0.2, -0.15) is 0 Å². The minimum Gasteiger partial charge on any atom is -0.396 e. The third-order valence-electron chi connectivity index (χ3n) is 3.00. The molecule has 0 unspecified atom stereocenters. The third kappa shape index (κ3) is 2.77. The molecule has 0 aromatic heterocycles. The predicted octanol–water partition coefficient (Wildman–Crippen LogP) is 2.82. The van der Waals surface area contributed by atoms with Gasteiger partial charge < -0.3 is 10.6 Å². The molecule has 0 bridgehead atoms. The molecule has 0 aliphatic heterocycles. The van der Waals surface area contributed by atoms with Gasteiger partial charge in [-0.25, -0.2) is 8.78 Å². The number of anilines is 1. The fourth-order valence-electron chi connectivity index (χ4n) is 1.88. The molecule has 1 amide bonds. The second-order valence-corrected chi connectivity index (χ2v) is 4.45. The molecule has 0 aliphatic carbocycles. The number of rotatable bonds is 3. The Morgan fingerprint density at radius 1 is 1.10 bits per heavy atom. The van der Waals surface area contributed by atoms with Crippen molar-refractivity contribution < 1.29 is 13.6 Å². The maximum atomic E-state index is 13.5. The zero-order chi connectivity index (χ0) is 14.7. The van der Waals surface area contributed by atoms with Gasteiger partial charge in [0.2, 0.25) is 0 Å². The van der Waals surface area contributed by atoms with E-state index in [9.17, 15) is 13.6 Å². The molecule has 104 valence electrons. The molecule has 0 saturated carbocycles. The summed E-state index contributed by atoms with van der Waals surface area (Å²) in [7, 11) is 1.51. The Morgan fingerprint density at radius 2 is 1.75 bits per heavy atom. The van der Waals surface area contributed by atoms with Crippen LogP contribution in [0.5, 0.6) is 0 Å². The first-order valence-electron chi connectivity index (χ1n) is 6.03. The standard InChI is InChI=1S/C15H14F2N2O/c1-19(9-10-5-2-3-7-12(10)16)15(20)11-6-4-8-13(17)14(11)18/h2-8H,9,18H2,1H3. The number of para-hydroxylation sites is 1. The quantitative estimate of drug-likeness (QED) is 0.876. The van der Waals surface area contributed by atoms with Gasteiger partial charge in [0.15, 0.2) is 0 Å². The van der Waals surface area contributed by atoms with Crippen LogP contribution in [-0.2, 0) is 6.54 Å². The van der Waals surface area contributed by atoms with E-state index in [2.05, 4.69) is 0 Å². The van der Waals surface area contributed by atoms with Crippen molar-refractivity contribution in [2.24, 2.45) is 0 Å². The number of hydrogen-bond donors (Lipinski definition) is 1. The summed E-state index contributed by atoms with van der Waals surface area (Å²) in [6, 6.07) is 10.2. The molecule has 0 atom stereocenters. The SMILES string of the molecule is CN(Cc1ccccc1F)C(=O)c1cccc(F)c1N. The van der Waals surface area contributed by atoms with Crippen LogP contribution in [0.1, 0.15) is 15.9 Å². The van der Waals surface area contributed by atoms with Crippen molar-refractivity contribution >= 4 is 11.6 Å². The van der Waals surface area contributed by atoms with Crippen molar-refractivity contribution in [2.45, 2.75) is 6.54 Å². The highest BCUT2D eigenvalue weighted by atomic mass is 19.1. The molecule has 20 heavy (non-hydrogen) atoms. The lowest BCUT2D eigenvalue weighted by molar-refractivity contribution is 0.0784. The van der Waals surface area contributed by atoms with E-state index in [0.717, 1.165) is 0 Å². The van der Waals surface area contributed by atoms with Crippen molar-refractivity contribution in [1.82, 2.24) is 4.90 Å². The molecule has 0 fully saturated rings. The zero-order valence-electron chi connectivity index (χ0n) is 10.9. The lowest BCUT2D eigenvalue weighted by atomic mass is 10.1. The summed E-state index contributed by atoms with van der Waals surface area (Å²) in [5.74, 6) is -1.49. The Morgan fingerprint density at radius 3 is 2.45 bits per heavy atom. The number of carbonyl (C=O) groups excluding carboxylic acids is 1. The predicted molar refractivity (Wildman–Crippen MR) is 73.0 cm³/mol. The van der Waals surface area contributed by atoms with E-state index in [-0.39, 0.29) is 23.6 Å². The lowest BCUT2D eigenvalue weighted by Crippen LogP contribution is -2.27. The van der Waals surface area contributed by atoms with E-state index >= 15 is 0 Å². The fraction of sp³-hybridized carbons (Fsp3) is 0.133. The van der Waals surface area contributed by atoms with Crippen molar-refractivity contribution in [3.05, 3.63) is 65.2 Å². The number of amides is 1. The molecular weight excluding hydrogens is 262 g/mol. The molecule has 0 spiro atoms. The molecule has 0 heterocycles. The van der Waals surface area contributed by atoms with Gasteiger partial charge in [-0.1, -0.05) is 24.3 Å². The van der Waals surface area contributed by atoms with Crippen LogP contribution in [0.15, 0.2) is 42.5 Å². The van der Waals surface area contributed by atoms with Gasteiger partial charge in [0.1, 0.15) is 11.6 Å². The first-order chi connectivity index (χ1) is 9.50. The molecule has 2 aromatic carbocycles. The summed E-state index contributed by atoms with van der Waals surface area (Å²) in [4.78, 5) is 13.5. The third-order valence-corrected chi connectivity index (χ3v) is 3.00. The van der Waals surface area contributed by atoms with Crippen molar-refractivity contribution in [1.29, 1.82) is 0 Å². The van der Waals surface area contributed by atoms with Crippen LogP contribution >= 0.6 is 0 Å². The molecule has 0 saturated heterocycles. The smallest absolute Gasteiger partial charge is 0.256 e. The molecule has 2 rings (SSSR count). The summed E-state index contributed by atoms with van der Waals surface area (Å²) in [6.45, 7) is 0.0848. The number of halogens is 2. The van der Waals surface area contributed by atoms with Crippen LogP contribution in [0, 0.1) is 11.6 Å². The maximum Gasteiger partial charge on any atom is 0.256 e. The van der Waals surface area contributed by atoms with Gasteiger partial charge in [0.05, 0.1) is 11.3 Å². The van der Waals surface area contributed by atoms with E-state index in [0.29, 0.717) is 5.56 Å². The summed E-state index contributed by atoms with van der Waals surface area (Å²) < 4.78 is 26.9. The minimum atomic E-state index is -0.643. The Bertz CT molecular complexity index is 644. The van der Waals surface area contributed by atoms with Gasteiger partial charge in [0.25, 0.3) is 5.91 Å². The van der Waals surface area contributed by atoms with E-state index in [1.165, 1.54) is 36.2 Å². The van der Waals surface area contributed by atoms with E-state index in [4.69, 9.17) is 5.73 Å². The normalized spacial score (nSPS) is 10.3. The monoisotopic (exact) mass is 276 g/mol. The Balaban J connectivity index is 2.21. The number of nitrogens with two attached hydrogens (primary N) is 1.